The second kappa shape index (κ2) is 6.24. The summed E-state index contributed by atoms with van der Waals surface area (Å²) in [7, 11) is 0. The average Bonchev–Trinajstić information content (AvgIpc) is 2.37. The zero-order valence-corrected chi connectivity index (χ0v) is 11.1. The Bertz CT molecular complexity index is 613. The zero-order chi connectivity index (χ0) is 13.7. The molecule has 0 bridgehead atoms. The van der Waals surface area contributed by atoms with Crippen molar-refractivity contribution in [2.24, 2.45) is 5.73 Å². The lowest BCUT2D eigenvalue weighted by Crippen LogP contribution is -2.35. The monoisotopic (exact) mass is 274 g/mol. The third-order valence-corrected chi connectivity index (χ3v) is 3.58. The normalized spacial score (nSPS) is 10.3. The van der Waals surface area contributed by atoms with E-state index in [4.69, 9.17) is 5.73 Å². The Morgan fingerprint density at radius 2 is 1.84 bits per heavy atom. The van der Waals surface area contributed by atoms with Crippen LogP contribution in [0, 0.1) is 0 Å². The minimum Gasteiger partial charge on any atom is -0.351 e. The molecular formula is C14H14N2O2S. The van der Waals surface area contributed by atoms with E-state index in [1.165, 1.54) is 10.8 Å². The summed E-state index contributed by atoms with van der Waals surface area (Å²) in [6.45, 7) is 0. The van der Waals surface area contributed by atoms with Crippen LogP contribution in [0.5, 0.6) is 0 Å². The molecule has 0 saturated carbocycles. The van der Waals surface area contributed by atoms with Crippen molar-refractivity contribution in [1.29, 1.82) is 0 Å². The van der Waals surface area contributed by atoms with Crippen LogP contribution < -0.4 is 11.1 Å². The van der Waals surface area contributed by atoms with Crippen LogP contribution in [0.3, 0.4) is 0 Å². The zero-order valence-electron chi connectivity index (χ0n) is 10.3. The fourth-order valence-electron chi connectivity index (χ4n) is 1.72. The number of hydrogen-bond acceptors (Lipinski definition) is 3. The summed E-state index contributed by atoms with van der Waals surface area (Å²) in [4.78, 5) is 22.8. The number of amides is 3. The predicted molar refractivity (Wildman–Crippen MR) is 77.0 cm³/mol. The highest BCUT2D eigenvalue weighted by molar-refractivity contribution is 7.99. The van der Waals surface area contributed by atoms with Crippen LogP contribution in [0.2, 0.25) is 0 Å². The van der Waals surface area contributed by atoms with Gasteiger partial charge >= 0.3 is 6.03 Å². The number of rotatable bonds is 4. The predicted octanol–water partition coefficient (Wildman–Crippen LogP) is 2.52. The van der Waals surface area contributed by atoms with Crippen LogP contribution >= 0.6 is 11.8 Å². The molecule has 5 heteroatoms. The van der Waals surface area contributed by atoms with Crippen LogP contribution in [-0.4, -0.2) is 17.7 Å². The summed E-state index contributed by atoms with van der Waals surface area (Å²) in [6.07, 6.45) is 0.264. The van der Waals surface area contributed by atoms with Gasteiger partial charge < -0.3 is 5.73 Å². The topological polar surface area (TPSA) is 72.2 Å². The first-order valence-electron chi connectivity index (χ1n) is 5.86. The number of urea groups is 1. The van der Waals surface area contributed by atoms with E-state index in [0.29, 0.717) is 5.75 Å². The maximum absolute atomic E-state index is 11.2. The number of imide groups is 1. The third kappa shape index (κ3) is 3.99. The first-order valence-corrected chi connectivity index (χ1v) is 6.84. The van der Waals surface area contributed by atoms with Gasteiger partial charge in [0.2, 0.25) is 5.91 Å². The highest BCUT2D eigenvalue weighted by Gasteiger charge is 2.04. The van der Waals surface area contributed by atoms with E-state index >= 15 is 0 Å². The molecule has 2 rings (SSSR count). The molecule has 4 nitrogen and oxygen atoms in total. The van der Waals surface area contributed by atoms with Gasteiger partial charge in [0.25, 0.3) is 0 Å². The standard InChI is InChI=1S/C14H14N2O2S/c15-14(18)16-13(17)7-8-19-12-6-5-10-3-1-2-4-11(10)9-12/h1-6,9H,7-8H2,(H3,15,16,17,18). The molecule has 0 aliphatic heterocycles. The molecule has 0 aliphatic carbocycles. The first kappa shape index (κ1) is 13.4. The molecule has 0 heterocycles. The summed E-state index contributed by atoms with van der Waals surface area (Å²) in [5.74, 6) is 0.262. The second-order valence-electron chi connectivity index (χ2n) is 4.02. The lowest BCUT2D eigenvalue weighted by Gasteiger charge is -2.04. The van der Waals surface area contributed by atoms with Crippen LogP contribution in [0.4, 0.5) is 4.79 Å². The quantitative estimate of drug-likeness (QED) is 0.841. The SMILES string of the molecule is NC(=O)NC(=O)CCSc1ccc2ccccc2c1. The summed E-state index contributed by atoms with van der Waals surface area (Å²) in [5, 5.41) is 4.41. The van der Waals surface area contributed by atoms with Crippen LogP contribution in [0.15, 0.2) is 47.4 Å². The Morgan fingerprint density at radius 1 is 1.11 bits per heavy atom. The molecular weight excluding hydrogens is 260 g/mol. The van der Waals surface area contributed by atoms with Gasteiger partial charge in [-0.05, 0) is 22.9 Å². The van der Waals surface area contributed by atoms with E-state index in [0.717, 1.165) is 4.90 Å². The molecule has 0 atom stereocenters. The van der Waals surface area contributed by atoms with E-state index in [-0.39, 0.29) is 12.3 Å². The molecule has 0 aliphatic rings. The smallest absolute Gasteiger partial charge is 0.318 e. The largest absolute Gasteiger partial charge is 0.351 e. The fraction of sp³-hybridized carbons (Fsp3) is 0.143. The van der Waals surface area contributed by atoms with E-state index in [2.05, 4.69) is 24.3 Å². The van der Waals surface area contributed by atoms with Crippen molar-refractivity contribution in [2.75, 3.05) is 5.75 Å². The lowest BCUT2D eigenvalue weighted by atomic mass is 10.1. The van der Waals surface area contributed by atoms with Crippen molar-refractivity contribution >= 4 is 34.5 Å². The van der Waals surface area contributed by atoms with Gasteiger partial charge in [0.05, 0.1) is 0 Å². The molecule has 2 aromatic carbocycles. The van der Waals surface area contributed by atoms with E-state index < -0.39 is 6.03 Å². The molecule has 0 unspecified atom stereocenters. The Labute approximate surface area is 115 Å². The van der Waals surface area contributed by atoms with Crippen molar-refractivity contribution in [3.63, 3.8) is 0 Å². The van der Waals surface area contributed by atoms with E-state index in [1.807, 2.05) is 23.5 Å². The van der Waals surface area contributed by atoms with Gasteiger partial charge in [-0.25, -0.2) is 4.79 Å². The Hall–Kier alpha value is -2.01. The summed E-state index contributed by atoms with van der Waals surface area (Å²) < 4.78 is 0. The van der Waals surface area contributed by atoms with Crippen molar-refractivity contribution in [1.82, 2.24) is 5.32 Å². The third-order valence-electron chi connectivity index (χ3n) is 2.58. The fourth-order valence-corrected chi connectivity index (χ4v) is 2.62. The van der Waals surface area contributed by atoms with Gasteiger partial charge in [-0.1, -0.05) is 30.3 Å². The number of carbonyl (C=O) groups is 2. The van der Waals surface area contributed by atoms with E-state index in [1.54, 1.807) is 11.8 Å². The number of thioether (sulfide) groups is 1. The lowest BCUT2D eigenvalue weighted by molar-refractivity contribution is -0.119. The number of primary amides is 1. The van der Waals surface area contributed by atoms with Crippen molar-refractivity contribution < 1.29 is 9.59 Å². The molecule has 3 N–H and O–H groups in total. The number of benzene rings is 2. The van der Waals surface area contributed by atoms with Crippen LogP contribution in [0.25, 0.3) is 10.8 Å². The Kier molecular flexibility index (Phi) is 4.41. The summed E-state index contributed by atoms with van der Waals surface area (Å²) >= 11 is 1.58. The van der Waals surface area contributed by atoms with Crippen LogP contribution in [-0.2, 0) is 4.79 Å². The molecule has 0 saturated heterocycles. The Balaban J connectivity index is 1.91. The highest BCUT2D eigenvalue weighted by Crippen LogP contribution is 2.23. The van der Waals surface area contributed by atoms with Gasteiger partial charge in [-0.3, -0.25) is 10.1 Å². The molecule has 0 aromatic heterocycles. The maximum Gasteiger partial charge on any atom is 0.318 e. The molecule has 3 amide bonds. The van der Waals surface area contributed by atoms with Crippen LogP contribution in [0.1, 0.15) is 6.42 Å². The molecule has 98 valence electrons. The Morgan fingerprint density at radius 3 is 2.58 bits per heavy atom. The van der Waals surface area contributed by atoms with Gasteiger partial charge in [0, 0.05) is 17.1 Å². The van der Waals surface area contributed by atoms with Gasteiger partial charge in [0.1, 0.15) is 0 Å². The first-order chi connectivity index (χ1) is 9.15. The van der Waals surface area contributed by atoms with Crippen molar-refractivity contribution in [3.8, 4) is 0 Å². The molecule has 2 aromatic rings. The van der Waals surface area contributed by atoms with Crippen molar-refractivity contribution in [3.05, 3.63) is 42.5 Å². The van der Waals surface area contributed by atoms with Gasteiger partial charge in [0.15, 0.2) is 0 Å². The molecule has 0 radical (unpaired) electrons. The highest BCUT2D eigenvalue weighted by atomic mass is 32.2. The summed E-state index contributed by atoms with van der Waals surface area (Å²) in [5.41, 5.74) is 4.86. The minimum absolute atomic E-state index is 0.264. The number of nitrogens with two attached hydrogens (primary N) is 1. The van der Waals surface area contributed by atoms with Gasteiger partial charge in [-0.2, -0.15) is 0 Å². The number of nitrogens with one attached hydrogen (secondary N) is 1. The van der Waals surface area contributed by atoms with Crippen molar-refractivity contribution in [2.45, 2.75) is 11.3 Å². The number of fused-ring (bicyclic) bond motifs is 1. The number of carbonyl (C=O) groups excluding carboxylic acids is 2. The molecule has 0 fully saturated rings. The second-order valence-corrected chi connectivity index (χ2v) is 5.19. The maximum atomic E-state index is 11.2. The minimum atomic E-state index is -0.805. The van der Waals surface area contributed by atoms with Gasteiger partial charge in [-0.15, -0.1) is 11.8 Å². The average molecular weight is 274 g/mol. The van der Waals surface area contributed by atoms with E-state index in [9.17, 15) is 9.59 Å². The summed E-state index contributed by atoms with van der Waals surface area (Å²) in [6, 6.07) is 13.5. The molecule has 0 spiro atoms. The number of hydrogen-bond donors (Lipinski definition) is 2. The molecule has 19 heavy (non-hydrogen) atoms.